The lowest BCUT2D eigenvalue weighted by Crippen LogP contribution is -2.63. The first kappa shape index (κ1) is 32.4. The van der Waals surface area contributed by atoms with Gasteiger partial charge in [-0.3, -0.25) is 19.9 Å². The molecule has 1 N–H and O–H groups in total. The van der Waals surface area contributed by atoms with E-state index in [1.807, 2.05) is 55.5 Å². The second-order valence-electron chi connectivity index (χ2n) is 11.6. The highest BCUT2D eigenvalue weighted by Crippen LogP contribution is 2.33. The van der Waals surface area contributed by atoms with Gasteiger partial charge in [0.15, 0.2) is 17.6 Å². The quantitative estimate of drug-likeness (QED) is 0.183. The van der Waals surface area contributed by atoms with Crippen LogP contribution in [0, 0.1) is 0 Å². The number of benzene rings is 2. The van der Waals surface area contributed by atoms with E-state index in [2.05, 4.69) is 25.8 Å². The van der Waals surface area contributed by atoms with Crippen molar-refractivity contribution >= 4 is 23.9 Å². The molecule has 14 heteroatoms. The fourth-order valence-electron chi connectivity index (χ4n) is 5.95. The lowest BCUT2D eigenvalue weighted by atomic mass is 9.98. The number of hydrogen-bond acceptors (Lipinski definition) is 12. The van der Waals surface area contributed by atoms with Gasteiger partial charge in [-0.1, -0.05) is 55.5 Å². The van der Waals surface area contributed by atoms with E-state index < -0.39 is 30.0 Å². The van der Waals surface area contributed by atoms with Crippen molar-refractivity contribution < 1.29 is 33.4 Å². The summed E-state index contributed by atoms with van der Waals surface area (Å²) in [5.41, 5.74) is 2.13. The van der Waals surface area contributed by atoms with Crippen LogP contribution in [-0.2, 0) is 25.5 Å². The third-order valence-corrected chi connectivity index (χ3v) is 8.49. The Morgan fingerprint density at radius 2 is 1.83 bits per heavy atom. The van der Waals surface area contributed by atoms with Crippen LogP contribution in [0.4, 0.5) is 4.79 Å². The number of amides is 1. The van der Waals surface area contributed by atoms with Crippen LogP contribution in [0.5, 0.6) is 0 Å². The highest BCUT2D eigenvalue weighted by molar-refractivity contribution is 5.98. The molecule has 0 bridgehead atoms. The normalized spacial score (nSPS) is 20.3. The molecule has 0 radical (unpaired) electrons. The van der Waals surface area contributed by atoms with Gasteiger partial charge in [-0.05, 0) is 65.4 Å². The first-order valence-electron chi connectivity index (χ1n) is 15.8. The fourth-order valence-corrected chi connectivity index (χ4v) is 5.95. The number of likely N-dealkylation sites (tertiary alicyclic amines) is 1. The Kier molecular flexibility index (Phi) is 9.52. The molecular weight excluding hydrogens is 618 g/mol. The Bertz CT molecular complexity index is 1800. The van der Waals surface area contributed by atoms with Gasteiger partial charge in [-0.25, -0.2) is 9.59 Å². The molecule has 48 heavy (non-hydrogen) atoms. The van der Waals surface area contributed by atoms with Crippen LogP contribution in [0.2, 0.25) is 0 Å². The topological polar surface area (TPSA) is 168 Å². The first-order valence-corrected chi connectivity index (χ1v) is 15.8. The van der Waals surface area contributed by atoms with Gasteiger partial charge in [0, 0.05) is 37.5 Å². The number of carbonyl (C=O) groups is 4. The summed E-state index contributed by atoms with van der Waals surface area (Å²) in [6.45, 7) is 3.91. The van der Waals surface area contributed by atoms with E-state index in [1.165, 1.54) is 15.8 Å². The van der Waals surface area contributed by atoms with Crippen molar-refractivity contribution in [3.8, 4) is 22.5 Å². The molecule has 248 valence electrons. The van der Waals surface area contributed by atoms with Crippen LogP contribution in [-0.4, -0.2) is 85.1 Å². The molecule has 2 aliphatic heterocycles. The van der Waals surface area contributed by atoms with E-state index in [-0.39, 0.29) is 25.0 Å². The average molecular weight is 654 g/mol. The van der Waals surface area contributed by atoms with Crippen LogP contribution >= 0.6 is 0 Å². The summed E-state index contributed by atoms with van der Waals surface area (Å²) in [4.78, 5) is 57.3. The van der Waals surface area contributed by atoms with Crippen molar-refractivity contribution in [1.29, 1.82) is 0 Å². The fraction of sp³-hybridized carbons (Fsp3) is 0.353. The second kappa shape index (κ2) is 14.1. The summed E-state index contributed by atoms with van der Waals surface area (Å²) in [7, 11) is 0. The smallest absolute Gasteiger partial charge is 0.459 e. The third-order valence-electron chi connectivity index (χ3n) is 8.49. The average Bonchev–Trinajstić information content (AvgIpc) is 3.85. The van der Waals surface area contributed by atoms with Crippen LogP contribution in [0.15, 0.2) is 73.1 Å². The number of esters is 1. The minimum atomic E-state index is -1.48. The number of aromatic nitrogens is 5. The molecule has 4 heterocycles. The van der Waals surface area contributed by atoms with Crippen molar-refractivity contribution in [3.05, 3.63) is 84.2 Å². The van der Waals surface area contributed by atoms with E-state index in [4.69, 9.17) is 14.2 Å². The Balaban J connectivity index is 1.23. The second-order valence-corrected chi connectivity index (χ2v) is 11.6. The van der Waals surface area contributed by atoms with Crippen molar-refractivity contribution in [2.24, 2.45) is 0 Å². The predicted octanol–water partition coefficient (Wildman–Crippen LogP) is 4.03. The molecule has 2 aromatic heterocycles. The summed E-state index contributed by atoms with van der Waals surface area (Å²) in [6, 6.07) is 18.6. The third kappa shape index (κ3) is 6.51. The largest absolute Gasteiger partial charge is 0.509 e. The van der Waals surface area contributed by atoms with Gasteiger partial charge in [0.2, 0.25) is 5.91 Å². The molecule has 14 nitrogen and oxygen atoms in total. The number of pyridine rings is 1. The van der Waals surface area contributed by atoms with Crippen LogP contribution < -0.4 is 5.32 Å². The molecule has 3 atom stereocenters. The lowest BCUT2D eigenvalue weighted by Gasteiger charge is -2.37. The SMILES string of the molecule is CCCC(=O)n1nnnc1-c1ccccc1-c1ccc(CNC2(C(=O)OCC3OC(=O)OC3C)CCCN2C(=O)c2cccnc2)cc1. The Morgan fingerprint density at radius 1 is 1.04 bits per heavy atom. The minimum absolute atomic E-state index is 0.184. The molecule has 1 amide bonds. The van der Waals surface area contributed by atoms with Gasteiger partial charge < -0.3 is 19.1 Å². The summed E-state index contributed by atoms with van der Waals surface area (Å²) in [5.74, 6) is -0.839. The number of ether oxygens (including phenoxy) is 3. The molecule has 0 saturated carbocycles. The maximum atomic E-state index is 13.9. The zero-order valence-electron chi connectivity index (χ0n) is 26.6. The molecule has 2 fully saturated rings. The summed E-state index contributed by atoms with van der Waals surface area (Å²) in [5, 5.41) is 15.2. The summed E-state index contributed by atoms with van der Waals surface area (Å²) < 4.78 is 17.1. The van der Waals surface area contributed by atoms with Crippen molar-refractivity contribution in [1.82, 2.24) is 35.4 Å². The van der Waals surface area contributed by atoms with E-state index >= 15 is 0 Å². The molecule has 2 aliphatic rings. The number of rotatable bonds is 11. The molecule has 4 aromatic rings. The molecule has 2 aromatic carbocycles. The molecule has 0 spiro atoms. The number of nitrogens with zero attached hydrogens (tertiary/aromatic N) is 6. The molecule has 6 rings (SSSR count). The summed E-state index contributed by atoms with van der Waals surface area (Å²) in [6.07, 6.45) is 2.74. The van der Waals surface area contributed by atoms with E-state index in [1.54, 1.807) is 25.3 Å². The lowest BCUT2D eigenvalue weighted by molar-refractivity contribution is -0.160. The summed E-state index contributed by atoms with van der Waals surface area (Å²) >= 11 is 0. The zero-order valence-corrected chi connectivity index (χ0v) is 26.6. The van der Waals surface area contributed by atoms with Gasteiger partial charge in [-0.2, -0.15) is 4.68 Å². The Morgan fingerprint density at radius 3 is 2.54 bits per heavy atom. The van der Waals surface area contributed by atoms with Crippen molar-refractivity contribution in [2.75, 3.05) is 13.2 Å². The van der Waals surface area contributed by atoms with Gasteiger partial charge >= 0.3 is 12.1 Å². The van der Waals surface area contributed by atoms with Gasteiger partial charge in [-0.15, -0.1) is 5.10 Å². The van der Waals surface area contributed by atoms with E-state index in [0.717, 1.165) is 16.7 Å². The number of carbonyl (C=O) groups excluding carboxylic acids is 4. The number of hydrogen-bond donors (Lipinski definition) is 1. The predicted molar refractivity (Wildman–Crippen MR) is 170 cm³/mol. The maximum absolute atomic E-state index is 13.9. The number of cyclic esters (lactones) is 2. The van der Waals surface area contributed by atoms with Crippen molar-refractivity contribution in [3.63, 3.8) is 0 Å². The zero-order chi connectivity index (χ0) is 33.7. The van der Waals surface area contributed by atoms with E-state index in [9.17, 15) is 19.2 Å². The Hall–Kier alpha value is -5.50. The monoisotopic (exact) mass is 653 g/mol. The minimum Gasteiger partial charge on any atom is -0.459 e. The van der Waals surface area contributed by atoms with Gasteiger partial charge in [0.1, 0.15) is 12.7 Å². The van der Waals surface area contributed by atoms with Crippen LogP contribution in [0.3, 0.4) is 0 Å². The number of nitrogens with one attached hydrogen (secondary N) is 1. The van der Waals surface area contributed by atoms with Crippen LogP contribution in [0.25, 0.3) is 22.5 Å². The molecular formula is C34H35N7O7. The van der Waals surface area contributed by atoms with Gasteiger partial charge in [0.25, 0.3) is 5.91 Å². The highest BCUT2D eigenvalue weighted by Gasteiger charge is 2.51. The maximum Gasteiger partial charge on any atom is 0.509 e. The van der Waals surface area contributed by atoms with E-state index in [0.29, 0.717) is 49.2 Å². The standard InChI is InChI=1S/C34H35N7O7/c1-3-8-29(42)41-30(37-38-39-41)27-11-5-4-10-26(27)24-14-12-23(13-15-24)19-36-34(32(44)46-21-28-22(2)47-33(45)48-28)16-7-18-40(34)31(43)25-9-6-17-35-20-25/h4-6,9-15,17,20,22,28,36H,3,7-8,16,18-19,21H2,1-2H3. The molecule has 0 aliphatic carbocycles. The molecule has 3 unspecified atom stereocenters. The number of tetrazole rings is 1. The first-order chi connectivity index (χ1) is 23.3. The van der Waals surface area contributed by atoms with Crippen LogP contribution in [0.1, 0.15) is 60.2 Å². The van der Waals surface area contributed by atoms with Crippen molar-refractivity contribution in [2.45, 2.75) is 63.9 Å². The van der Waals surface area contributed by atoms with Gasteiger partial charge in [0.05, 0.1) is 5.56 Å². The highest BCUT2D eigenvalue weighted by atomic mass is 16.8. The Labute approximate surface area is 276 Å². The molecule has 2 saturated heterocycles.